The number of hydrogen-bond donors (Lipinski definition) is 3. The van der Waals surface area contributed by atoms with Gasteiger partial charge in [-0.15, -0.1) is 0 Å². The lowest BCUT2D eigenvalue weighted by molar-refractivity contribution is 0.266. The van der Waals surface area contributed by atoms with E-state index in [2.05, 4.69) is 10.3 Å². The third kappa shape index (κ3) is 1.65. The Hall–Kier alpha value is -2.00. The van der Waals surface area contributed by atoms with Crippen LogP contribution in [0.1, 0.15) is 16.8 Å². The zero-order valence-electron chi connectivity index (χ0n) is 9.57. The van der Waals surface area contributed by atoms with E-state index in [1.54, 1.807) is 0 Å². The van der Waals surface area contributed by atoms with Gasteiger partial charge >= 0.3 is 0 Å². The summed E-state index contributed by atoms with van der Waals surface area (Å²) in [6.07, 6.45) is 3.27. The highest BCUT2D eigenvalue weighted by Crippen LogP contribution is 2.35. The van der Waals surface area contributed by atoms with Crippen LogP contribution in [-0.2, 0) is 0 Å². The first-order chi connectivity index (χ1) is 8.25. The standard InChI is InChI=1S/C14H14N2O/c1-9-6-7-15-13(9)8-11-10-4-2-3-5-12(10)16-14(11)17/h2-8,14-17H,1H3/b11-8-. The van der Waals surface area contributed by atoms with Crippen LogP contribution < -0.4 is 5.32 Å². The molecule has 2 aromatic rings. The van der Waals surface area contributed by atoms with Crippen molar-refractivity contribution in [1.29, 1.82) is 0 Å². The number of H-pyrrole nitrogens is 1. The van der Waals surface area contributed by atoms with Crippen LogP contribution >= 0.6 is 0 Å². The predicted octanol–water partition coefficient (Wildman–Crippen LogP) is 2.61. The number of aliphatic hydroxyl groups excluding tert-OH is 1. The molecule has 0 aliphatic carbocycles. The Bertz CT molecular complexity index is 583. The second kappa shape index (κ2) is 3.79. The number of aromatic nitrogens is 1. The van der Waals surface area contributed by atoms with Crippen molar-refractivity contribution in [2.75, 3.05) is 5.32 Å². The van der Waals surface area contributed by atoms with Crippen molar-refractivity contribution in [1.82, 2.24) is 4.98 Å². The maximum atomic E-state index is 10.0. The molecule has 0 saturated carbocycles. The van der Waals surface area contributed by atoms with Gasteiger partial charge in [0.05, 0.1) is 0 Å². The van der Waals surface area contributed by atoms with Crippen LogP contribution in [0, 0.1) is 6.92 Å². The number of nitrogens with one attached hydrogen (secondary N) is 2. The minimum atomic E-state index is -0.630. The van der Waals surface area contributed by atoms with E-state index in [-0.39, 0.29) is 0 Å². The van der Waals surface area contributed by atoms with Crippen LogP contribution in [0.5, 0.6) is 0 Å². The lowest BCUT2D eigenvalue weighted by Crippen LogP contribution is -2.12. The molecule has 0 amide bonds. The summed E-state index contributed by atoms with van der Waals surface area (Å²) in [5.41, 5.74) is 5.17. The van der Waals surface area contributed by atoms with E-state index in [0.717, 1.165) is 22.5 Å². The maximum Gasteiger partial charge on any atom is 0.151 e. The van der Waals surface area contributed by atoms with E-state index >= 15 is 0 Å². The monoisotopic (exact) mass is 226 g/mol. The van der Waals surface area contributed by atoms with Crippen molar-refractivity contribution in [2.24, 2.45) is 0 Å². The molecule has 1 atom stereocenters. The summed E-state index contributed by atoms with van der Waals surface area (Å²) >= 11 is 0. The fourth-order valence-electron chi connectivity index (χ4n) is 2.16. The summed E-state index contributed by atoms with van der Waals surface area (Å²) < 4.78 is 0. The summed E-state index contributed by atoms with van der Waals surface area (Å²) in [7, 11) is 0. The molecular formula is C14H14N2O. The van der Waals surface area contributed by atoms with Gasteiger partial charge < -0.3 is 15.4 Å². The Morgan fingerprint density at radius 3 is 2.82 bits per heavy atom. The number of para-hydroxylation sites is 1. The van der Waals surface area contributed by atoms with Crippen molar-refractivity contribution in [2.45, 2.75) is 13.2 Å². The molecule has 17 heavy (non-hydrogen) atoms. The van der Waals surface area contributed by atoms with Crippen LogP contribution in [0.3, 0.4) is 0 Å². The van der Waals surface area contributed by atoms with Crippen molar-refractivity contribution >= 4 is 17.3 Å². The van der Waals surface area contributed by atoms with Gasteiger partial charge in [0.25, 0.3) is 0 Å². The largest absolute Gasteiger partial charge is 0.369 e. The first-order valence-electron chi connectivity index (χ1n) is 5.65. The smallest absolute Gasteiger partial charge is 0.151 e. The molecule has 1 aliphatic rings. The highest BCUT2D eigenvalue weighted by molar-refractivity contribution is 5.93. The lowest BCUT2D eigenvalue weighted by Gasteiger charge is -2.05. The van der Waals surface area contributed by atoms with E-state index in [1.807, 2.05) is 49.5 Å². The average Bonchev–Trinajstić information content (AvgIpc) is 2.85. The molecule has 0 bridgehead atoms. The Labute approximate surface area is 99.8 Å². The minimum absolute atomic E-state index is 0.630. The van der Waals surface area contributed by atoms with Gasteiger partial charge in [0.2, 0.25) is 0 Å². The Balaban J connectivity index is 2.10. The van der Waals surface area contributed by atoms with Gasteiger partial charge in [-0.2, -0.15) is 0 Å². The van der Waals surface area contributed by atoms with E-state index in [4.69, 9.17) is 0 Å². The van der Waals surface area contributed by atoms with Crippen molar-refractivity contribution in [3.05, 3.63) is 53.3 Å². The SMILES string of the molecule is Cc1cc[nH]c1/C=C1/c2ccccc2NC1O. The Kier molecular flexibility index (Phi) is 2.27. The summed E-state index contributed by atoms with van der Waals surface area (Å²) in [5, 5.41) is 13.1. The van der Waals surface area contributed by atoms with E-state index in [0.29, 0.717) is 0 Å². The third-order valence-electron chi connectivity index (χ3n) is 3.12. The first kappa shape index (κ1) is 10.2. The number of rotatable bonds is 1. The molecule has 1 aromatic carbocycles. The number of anilines is 1. The molecule has 0 fully saturated rings. The van der Waals surface area contributed by atoms with Crippen molar-refractivity contribution in [3.8, 4) is 0 Å². The fourth-order valence-corrected chi connectivity index (χ4v) is 2.16. The molecule has 0 spiro atoms. The van der Waals surface area contributed by atoms with Crippen LogP contribution in [0.4, 0.5) is 5.69 Å². The number of aliphatic hydroxyl groups is 1. The van der Waals surface area contributed by atoms with E-state index in [1.165, 1.54) is 5.56 Å². The van der Waals surface area contributed by atoms with Crippen LogP contribution in [0.2, 0.25) is 0 Å². The summed E-state index contributed by atoms with van der Waals surface area (Å²) in [6.45, 7) is 2.05. The first-order valence-corrected chi connectivity index (χ1v) is 5.65. The molecule has 3 N–H and O–H groups in total. The number of fused-ring (bicyclic) bond motifs is 1. The highest BCUT2D eigenvalue weighted by Gasteiger charge is 2.23. The normalized spacial score (nSPS) is 20.4. The van der Waals surface area contributed by atoms with Crippen LogP contribution in [0.15, 0.2) is 36.5 Å². The molecular weight excluding hydrogens is 212 g/mol. The van der Waals surface area contributed by atoms with Gasteiger partial charge in [-0.1, -0.05) is 18.2 Å². The molecule has 3 nitrogen and oxygen atoms in total. The quantitative estimate of drug-likeness (QED) is 0.700. The second-order valence-electron chi connectivity index (χ2n) is 4.27. The second-order valence-corrected chi connectivity index (χ2v) is 4.27. The topological polar surface area (TPSA) is 48.0 Å². The number of benzene rings is 1. The molecule has 3 rings (SSSR count). The molecule has 2 heterocycles. The van der Waals surface area contributed by atoms with Crippen LogP contribution in [-0.4, -0.2) is 16.3 Å². The van der Waals surface area contributed by atoms with E-state index < -0.39 is 6.23 Å². The Morgan fingerprint density at radius 2 is 2.06 bits per heavy atom. The summed E-state index contributed by atoms with van der Waals surface area (Å²) in [5.74, 6) is 0. The van der Waals surface area contributed by atoms with Gasteiger partial charge in [-0.05, 0) is 30.7 Å². The minimum Gasteiger partial charge on any atom is -0.369 e. The fraction of sp³-hybridized carbons (Fsp3) is 0.143. The summed E-state index contributed by atoms with van der Waals surface area (Å²) in [6, 6.07) is 9.95. The van der Waals surface area contributed by atoms with Gasteiger partial charge in [0, 0.05) is 28.7 Å². The zero-order valence-corrected chi connectivity index (χ0v) is 9.57. The molecule has 1 aromatic heterocycles. The zero-order chi connectivity index (χ0) is 11.8. The van der Waals surface area contributed by atoms with Crippen molar-refractivity contribution < 1.29 is 5.11 Å². The van der Waals surface area contributed by atoms with Crippen LogP contribution in [0.25, 0.3) is 11.6 Å². The van der Waals surface area contributed by atoms with Gasteiger partial charge in [0.15, 0.2) is 6.23 Å². The number of aromatic amines is 1. The van der Waals surface area contributed by atoms with Gasteiger partial charge in [-0.3, -0.25) is 0 Å². The predicted molar refractivity (Wildman–Crippen MR) is 69.5 cm³/mol. The number of aryl methyl sites for hydroxylation is 1. The maximum absolute atomic E-state index is 10.0. The molecule has 3 heteroatoms. The molecule has 1 aliphatic heterocycles. The van der Waals surface area contributed by atoms with E-state index in [9.17, 15) is 5.11 Å². The number of hydrogen-bond acceptors (Lipinski definition) is 2. The molecule has 86 valence electrons. The molecule has 0 saturated heterocycles. The lowest BCUT2D eigenvalue weighted by atomic mass is 10.0. The molecule has 1 unspecified atom stereocenters. The Morgan fingerprint density at radius 1 is 1.24 bits per heavy atom. The highest BCUT2D eigenvalue weighted by atomic mass is 16.3. The van der Waals surface area contributed by atoms with Gasteiger partial charge in [-0.25, -0.2) is 0 Å². The average molecular weight is 226 g/mol. The van der Waals surface area contributed by atoms with Gasteiger partial charge in [0.1, 0.15) is 0 Å². The molecule has 0 radical (unpaired) electrons. The van der Waals surface area contributed by atoms with Crippen molar-refractivity contribution in [3.63, 3.8) is 0 Å². The summed E-state index contributed by atoms with van der Waals surface area (Å²) in [4.78, 5) is 3.17. The third-order valence-corrected chi connectivity index (χ3v) is 3.12.